The van der Waals surface area contributed by atoms with Crippen LogP contribution in [0.4, 0.5) is 26.3 Å². The summed E-state index contributed by atoms with van der Waals surface area (Å²) in [4.78, 5) is 0. The van der Waals surface area contributed by atoms with E-state index in [-0.39, 0.29) is 25.7 Å². The van der Waals surface area contributed by atoms with Crippen LogP contribution < -0.4 is 0 Å². The molecule has 0 spiro atoms. The molecule has 0 aliphatic heterocycles. The van der Waals surface area contributed by atoms with Gasteiger partial charge in [-0.1, -0.05) is 90.2 Å². The van der Waals surface area contributed by atoms with Crippen LogP contribution in [-0.4, -0.2) is 12.4 Å². The van der Waals surface area contributed by atoms with Gasteiger partial charge in [0.15, 0.2) is 0 Å². The Bertz CT molecular complexity index is 427. The third-order valence-electron chi connectivity index (χ3n) is 5.28. The van der Waals surface area contributed by atoms with Crippen LogP contribution >= 0.6 is 0 Å². The largest absolute Gasteiger partial charge is 0.412 e. The highest BCUT2D eigenvalue weighted by Gasteiger charge is 2.33. The maximum absolute atomic E-state index is 13.2. The molecule has 30 heavy (non-hydrogen) atoms. The lowest BCUT2D eigenvalue weighted by atomic mass is 10.0. The van der Waals surface area contributed by atoms with Crippen LogP contribution in [0.3, 0.4) is 0 Å². The van der Waals surface area contributed by atoms with Gasteiger partial charge in [-0.05, 0) is 38.5 Å². The number of unbranched alkanes of at least 4 members (excludes halogenated alkanes) is 11. The molecule has 0 aromatic carbocycles. The Kier molecular flexibility index (Phi) is 16.2. The summed E-state index contributed by atoms with van der Waals surface area (Å²) in [5.41, 5.74) is -1.20. The molecule has 178 valence electrons. The quantitative estimate of drug-likeness (QED) is 0.119. The third-order valence-corrected chi connectivity index (χ3v) is 5.28. The zero-order valence-electron chi connectivity index (χ0n) is 18.7. The van der Waals surface area contributed by atoms with Crippen molar-refractivity contribution in [2.24, 2.45) is 0 Å². The molecule has 0 aromatic heterocycles. The minimum atomic E-state index is -4.40. The van der Waals surface area contributed by atoms with E-state index in [4.69, 9.17) is 0 Å². The van der Waals surface area contributed by atoms with E-state index in [1.54, 1.807) is 0 Å². The number of hydrogen-bond acceptors (Lipinski definition) is 0. The van der Waals surface area contributed by atoms with E-state index in [1.165, 1.54) is 0 Å². The molecule has 0 rings (SSSR count). The lowest BCUT2D eigenvalue weighted by Crippen LogP contribution is -2.12. The van der Waals surface area contributed by atoms with Crippen molar-refractivity contribution >= 4 is 0 Å². The molecule has 0 N–H and O–H groups in total. The summed E-state index contributed by atoms with van der Waals surface area (Å²) in [6, 6.07) is 0. The number of halogens is 6. The van der Waals surface area contributed by atoms with Gasteiger partial charge in [0.2, 0.25) is 0 Å². The predicted molar refractivity (Wildman–Crippen MR) is 113 cm³/mol. The van der Waals surface area contributed by atoms with E-state index < -0.39 is 23.5 Å². The number of hydrogen-bond donors (Lipinski definition) is 0. The molecule has 0 radical (unpaired) electrons. The topological polar surface area (TPSA) is 0 Å². The van der Waals surface area contributed by atoms with Crippen molar-refractivity contribution < 1.29 is 26.3 Å². The zero-order chi connectivity index (χ0) is 22.9. The first kappa shape index (κ1) is 29.1. The van der Waals surface area contributed by atoms with Crippen molar-refractivity contribution in [2.45, 2.75) is 129 Å². The summed E-state index contributed by atoms with van der Waals surface area (Å²) in [5, 5.41) is 0. The second kappa shape index (κ2) is 16.7. The average Bonchev–Trinajstić information content (AvgIpc) is 2.65. The lowest BCUT2D eigenvalue weighted by molar-refractivity contribution is -0.0956. The van der Waals surface area contributed by atoms with Crippen LogP contribution in [-0.2, 0) is 0 Å². The third kappa shape index (κ3) is 15.8. The molecule has 0 aliphatic rings. The van der Waals surface area contributed by atoms with Crippen molar-refractivity contribution in [3.8, 4) is 0 Å². The van der Waals surface area contributed by atoms with Crippen LogP contribution in [0.25, 0.3) is 0 Å². The second-order valence-corrected chi connectivity index (χ2v) is 8.07. The van der Waals surface area contributed by atoms with Gasteiger partial charge in [-0.2, -0.15) is 26.3 Å². The van der Waals surface area contributed by atoms with E-state index in [9.17, 15) is 26.3 Å². The Morgan fingerprint density at radius 2 is 0.800 bits per heavy atom. The van der Waals surface area contributed by atoms with Gasteiger partial charge in [0.1, 0.15) is 0 Å². The molecule has 0 amide bonds. The van der Waals surface area contributed by atoms with E-state index in [1.807, 2.05) is 0 Å². The Labute approximate surface area is 179 Å². The maximum atomic E-state index is 13.2. The molecule has 6 heteroatoms. The van der Waals surface area contributed by atoms with E-state index in [0.29, 0.717) is 12.8 Å². The Morgan fingerprint density at radius 1 is 0.500 bits per heavy atom. The predicted octanol–water partition coefficient (Wildman–Crippen LogP) is 10.2. The van der Waals surface area contributed by atoms with Gasteiger partial charge >= 0.3 is 12.4 Å². The van der Waals surface area contributed by atoms with Crippen LogP contribution in [0, 0.1) is 0 Å². The van der Waals surface area contributed by atoms with E-state index in [2.05, 4.69) is 13.8 Å². The first-order valence-electron chi connectivity index (χ1n) is 11.6. The van der Waals surface area contributed by atoms with Crippen molar-refractivity contribution in [3.63, 3.8) is 0 Å². The number of allylic oxidation sites excluding steroid dienone is 4. The minimum absolute atomic E-state index is 0.0131. The summed E-state index contributed by atoms with van der Waals surface area (Å²) < 4.78 is 78.9. The summed E-state index contributed by atoms with van der Waals surface area (Å²) in [5.74, 6) is 0. The summed E-state index contributed by atoms with van der Waals surface area (Å²) >= 11 is 0. The Morgan fingerprint density at radius 3 is 1.10 bits per heavy atom. The molecular weight excluding hydrogens is 402 g/mol. The fourth-order valence-electron chi connectivity index (χ4n) is 3.43. The first-order chi connectivity index (χ1) is 14.1. The van der Waals surface area contributed by atoms with Crippen molar-refractivity contribution in [1.29, 1.82) is 0 Å². The Balaban J connectivity index is 4.56. The Hall–Kier alpha value is -0.940. The van der Waals surface area contributed by atoms with Crippen LogP contribution in [0.15, 0.2) is 23.3 Å². The van der Waals surface area contributed by atoms with Gasteiger partial charge < -0.3 is 0 Å². The van der Waals surface area contributed by atoms with Gasteiger partial charge in [0.05, 0.1) is 0 Å². The first-order valence-corrected chi connectivity index (χ1v) is 11.6. The molecule has 0 atom stereocenters. The zero-order valence-corrected chi connectivity index (χ0v) is 18.7. The fourth-order valence-corrected chi connectivity index (χ4v) is 3.43. The van der Waals surface area contributed by atoms with E-state index in [0.717, 1.165) is 76.4 Å². The molecule has 0 fully saturated rings. The summed E-state index contributed by atoms with van der Waals surface area (Å²) in [6.07, 6.45) is 3.94. The highest BCUT2D eigenvalue weighted by Crippen LogP contribution is 2.32. The number of rotatable bonds is 17. The molecule has 0 nitrogen and oxygen atoms in total. The van der Waals surface area contributed by atoms with Crippen LogP contribution in [0.2, 0.25) is 0 Å². The van der Waals surface area contributed by atoms with Crippen molar-refractivity contribution in [2.75, 3.05) is 0 Å². The van der Waals surface area contributed by atoms with Gasteiger partial charge in [0, 0.05) is 11.1 Å². The summed E-state index contributed by atoms with van der Waals surface area (Å²) in [6.45, 7) is 4.16. The van der Waals surface area contributed by atoms with E-state index >= 15 is 0 Å². The fraction of sp³-hybridized carbons (Fsp3) is 0.833. The molecule has 0 aromatic rings. The van der Waals surface area contributed by atoms with Crippen molar-refractivity contribution in [3.05, 3.63) is 23.3 Å². The second-order valence-electron chi connectivity index (χ2n) is 8.07. The van der Waals surface area contributed by atoms with Crippen LogP contribution in [0.5, 0.6) is 0 Å². The SMILES string of the molecule is CCCCCCCC/C(=C\CC/C=C(\CCCCCCCC)C(F)(F)F)C(F)(F)F. The molecule has 0 aliphatic carbocycles. The monoisotopic (exact) mass is 442 g/mol. The van der Waals surface area contributed by atoms with Gasteiger partial charge in [-0.15, -0.1) is 0 Å². The smallest absolute Gasteiger partial charge is 0.166 e. The normalized spacial score (nSPS) is 13.9. The van der Waals surface area contributed by atoms with Crippen molar-refractivity contribution in [1.82, 2.24) is 0 Å². The van der Waals surface area contributed by atoms with Gasteiger partial charge in [-0.3, -0.25) is 0 Å². The van der Waals surface area contributed by atoms with Crippen LogP contribution in [0.1, 0.15) is 117 Å². The average molecular weight is 443 g/mol. The lowest BCUT2D eigenvalue weighted by Gasteiger charge is -2.13. The molecule has 0 bridgehead atoms. The minimum Gasteiger partial charge on any atom is -0.166 e. The van der Waals surface area contributed by atoms with Gasteiger partial charge in [0.25, 0.3) is 0 Å². The summed E-state index contributed by atoms with van der Waals surface area (Å²) in [7, 11) is 0. The highest BCUT2D eigenvalue weighted by molar-refractivity contribution is 5.12. The molecule has 0 saturated heterocycles. The molecular formula is C24H40F6. The standard InChI is InChI=1S/C24H40F6/c1-3-5-7-9-11-13-17-21(23(25,26)27)19-15-16-20-22(24(28,29)30)18-14-12-10-8-6-4-2/h19-20H,3-18H2,1-2H3/b21-19+,22-20+. The molecule has 0 saturated carbocycles. The molecule has 0 unspecified atom stereocenters. The molecule has 0 heterocycles. The number of alkyl halides is 6. The maximum Gasteiger partial charge on any atom is 0.412 e. The highest BCUT2D eigenvalue weighted by atomic mass is 19.4. The van der Waals surface area contributed by atoms with Gasteiger partial charge in [-0.25, -0.2) is 0 Å².